The number of thiophene rings is 1. The van der Waals surface area contributed by atoms with Crippen molar-refractivity contribution in [2.45, 2.75) is 32.4 Å². The highest BCUT2D eigenvalue weighted by molar-refractivity contribution is 7.07. The number of aliphatic hydroxyl groups is 1. The van der Waals surface area contributed by atoms with Crippen LogP contribution in [0.3, 0.4) is 0 Å². The second kappa shape index (κ2) is 6.85. The molecule has 3 heteroatoms. The van der Waals surface area contributed by atoms with Gasteiger partial charge in [0.05, 0.1) is 6.61 Å². The first-order chi connectivity index (χ1) is 9.20. The van der Waals surface area contributed by atoms with Crippen LogP contribution in [-0.2, 0) is 6.61 Å². The second-order valence-electron chi connectivity index (χ2n) is 4.99. The van der Waals surface area contributed by atoms with E-state index in [1.54, 1.807) is 11.3 Å². The smallest absolute Gasteiger partial charge is 0.0681 e. The van der Waals surface area contributed by atoms with Crippen LogP contribution in [0.5, 0.6) is 0 Å². The van der Waals surface area contributed by atoms with Crippen molar-refractivity contribution in [3.05, 3.63) is 57.8 Å². The molecule has 0 saturated heterocycles. The molecule has 2 aromatic rings. The highest BCUT2D eigenvalue weighted by atomic mass is 32.1. The standard InChI is InChI=1S/C16H21NOS/c1-12(16-6-7-19-11-16)9-17-13(2)15-5-3-4-14(8-15)10-18/h3-8,11-13,17-18H,9-10H2,1-2H3. The predicted octanol–water partition coefficient (Wildman–Crippen LogP) is 3.69. The van der Waals surface area contributed by atoms with E-state index in [4.69, 9.17) is 5.11 Å². The van der Waals surface area contributed by atoms with Gasteiger partial charge >= 0.3 is 0 Å². The Labute approximate surface area is 119 Å². The van der Waals surface area contributed by atoms with Crippen molar-refractivity contribution in [2.75, 3.05) is 6.54 Å². The van der Waals surface area contributed by atoms with Gasteiger partial charge in [0.15, 0.2) is 0 Å². The van der Waals surface area contributed by atoms with Crippen molar-refractivity contribution in [2.24, 2.45) is 0 Å². The second-order valence-corrected chi connectivity index (χ2v) is 5.77. The Bertz CT molecular complexity index is 495. The van der Waals surface area contributed by atoms with Crippen LogP contribution < -0.4 is 5.32 Å². The van der Waals surface area contributed by atoms with Gasteiger partial charge in [-0.15, -0.1) is 0 Å². The van der Waals surface area contributed by atoms with Gasteiger partial charge in [-0.25, -0.2) is 0 Å². The van der Waals surface area contributed by atoms with Gasteiger partial charge in [0.2, 0.25) is 0 Å². The van der Waals surface area contributed by atoms with E-state index in [1.165, 1.54) is 11.1 Å². The van der Waals surface area contributed by atoms with E-state index in [0.717, 1.165) is 12.1 Å². The summed E-state index contributed by atoms with van der Waals surface area (Å²) in [4.78, 5) is 0. The molecule has 2 nitrogen and oxygen atoms in total. The summed E-state index contributed by atoms with van der Waals surface area (Å²) in [6.07, 6.45) is 0. The molecule has 0 aliphatic carbocycles. The summed E-state index contributed by atoms with van der Waals surface area (Å²) < 4.78 is 0. The molecule has 19 heavy (non-hydrogen) atoms. The Balaban J connectivity index is 1.91. The lowest BCUT2D eigenvalue weighted by Gasteiger charge is -2.18. The van der Waals surface area contributed by atoms with Gasteiger partial charge < -0.3 is 10.4 Å². The minimum absolute atomic E-state index is 0.103. The zero-order chi connectivity index (χ0) is 13.7. The van der Waals surface area contributed by atoms with Crippen molar-refractivity contribution in [1.29, 1.82) is 0 Å². The van der Waals surface area contributed by atoms with Gasteiger partial charge in [-0.2, -0.15) is 11.3 Å². The molecule has 0 bridgehead atoms. The van der Waals surface area contributed by atoms with E-state index in [-0.39, 0.29) is 6.61 Å². The molecule has 1 aromatic heterocycles. The average Bonchev–Trinajstić information content (AvgIpc) is 2.98. The molecule has 0 fully saturated rings. The monoisotopic (exact) mass is 275 g/mol. The third-order valence-corrected chi connectivity index (χ3v) is 4.18. The van der Waals surface area contributed by atoms with Crippen molar-refractivity contribution < 1.29 is 5.11 Å². The fraction of sp³-hybridized carbons (Fsp3) is 0.375. The van der Waals surface area contributed by atoms with Crippen molar-refractivity contribution >= 4 is 11.3 Å². The summed E-state index contributed by atoms with van der Waals surface area (Å²) in [7, 11) is 0. The maximum Gasteiger partial charge on any atom is 0.0681 e. The number of aliphatic hydroxyl groups excluding tert-OH is 1. The Kier molecular flexibility index (Phi) is 5.14. The fourth-order valence-corrected chi connectivity index (χ4v) is 2.89. The molecule has 1 heterocycles. The van der Waals surface area contributed by atoms with E-state index in [1.807, 2.05) is 12.1 Å². The molecule has 1 aromatic carbocycles. The average molecular weight is 275 g/mol. The van der Waals surface area contributed by atoms with E-state index in [9.17, 15) is 0 Å². The van der Waals surface area contributed by atoms with Crippen LogP contribution in [0.4, 0.5) is 0 Å². The van der Waals surface area contributed by atoms with Crippen molar-refractivity contribution in [1.82, 2.24) is 5.32 Å². The first-order valence-corrected chi connectivity index (χ1v) is 7.60. The number of benzene rings is 1. The minimum atomic E-state index is 0.103. The highest BCUT2D eigenvalue weighted by Gasteiger charge is 2.09. The maximum absolute atomic E-state index is 9.17. The Morgan fingerprint density at radius 3 is 2.74 bits per heavy atom. The Morgan fingerprint density at radius 1 is 1.21 bits per heavy atom. The van der Waals surface area contributed by atoms with Crippen LogP contribution in [0, 0.1) is 0 Å². The quantitative estimate of drug-likeness (QED) is 0.842. The lowest BCUT2D eigenvalue weighted by Crippen LogP contribution is -2.23. The molecule has 2 N–H and O–H groups in total. The zero-order valence-corrected chi connectivity index (χ0v) is 12.3. The van der Waals surface area contributed by atoms with Crippen LogP contribution in [0.2, 0.25) is 0 Å². The first-order valence-electron chi connectivity index (χ1n) is 6.66. The molecule has 2 atom stereocenters. The van der Waals surface area contributed by atoms with Gasteiger partial charge in [0, 0.05) is 12.6 Å². The molecular weight excluding hydrogens is 254 g/mol. The van der Waals surface area contributed by atoms with E-state index in [2.05, 4.69) is 48.1 Å². The van der Waals surface area contributed by atoms with Crippen LogP contribution in [0.1, 0.15) is 42.5 Å². The van der Waals surface area contributed by atoms with E-state index >= 15 is 0 Å². The SMILES string of the molecule is CC(CNC(C)c1cccc(CO)c1)c1ccsc1. The third kappa shape index (κ3) is 3.90. The molecule has 0 aliphatic heterocycles. The number of nitrogens with one attached hydrogen (secondary N) is 1. The summed E-state index contributed by atoms with van der Waals surface area (Å²) in [5.41, 5.74) is 3.59. The summed E-state index contributed by atoms with van der Waals surface area (Å²) in [6.45, 7) is 5.47. The Morgan fingerprint density at radius 2 is 2.05 bits per heavy atom. The van der Waals surface area contributed by atoms with Crippen LogP contribution in [0.15, 0.2) is 41.1 Å². The van der Waals surface area contributed by atoms with Gasteiger partial charge in [-0.05, 0) is 46.4 Å². The Hall–Kier alpha value is -1.16. The normalized spacial score (nSPS) is 14.3. The molecule has 2 unspecified atom stereocenters. The highest BCUT2D eigenvalue weighted by Crippen LogP contribution is 2.19. The third-order valence-electron chi connectivity index (χ3n) is 3.48. The molecule has 0 radical (unpaired) electrons. The van der Waals surface area contributed by atoms with Crippen molar-refractivity contribution in [3.8, 4) is 0 Å². The lowest BCUT2D eigenvalue weighted by molar-refractivity contribution is 0.281. The minimum Gasteiger partial charge on any atom is -0.392 e. The number of hydrogen-bond acceptors (Lipinski definition) is 3. The molecule has 0 aliphatic rings. The van der Waals surface area contributed by atoms with Gasteiger partial charge in [0.1, 0.15) is 0 Å². The lowest BCUT2D eigenvalue weighted by atomic mass is 10.0. The van der Waals surface area contributed by atoms with Crippen molar-refractivity contribution in [3.63, 3.8) is 0 Å². The molecular formula is C16H21NOS. The van der Waals surface area contributed by atoms with Gasteiger partial charge in [0.25, 0.3) is 0 Å². The largest absolute Gasteiger partial charge is 0.392 e. The topological polar surface area (TPSA) is 32.3 Å². The molecule has 2 rings (SSSR count). The van der Waals surface area contributed by atoms with E-state index in [0.29, 0.717) is 12.0 Å². The number of hydrogen-bond donors (Lipinski definition) is 2. The molecule has 102 valence electrons. The van der Waals surface area contributed by atoms with Crippen LogP contribution in [-0.4, -0.2) is 11.7 Å². The van der Waals surface area contributed by atoms with Gasteiger partial charge in [-0.1, -0.05) is 31.2 Å². The van der Waals surface area contributed by atoms with Crippen LogP contribution >= 0.6 is 11.3 Å². The predicted molar refractivity (Wildman–Crippen MR) is 81.5 cm³/mol. The number of rotatable bonds is 6. The molecule has 0 amide bonds. The zero-order valence-electron chi connectivity index (χ0n) is 11.5. The van der Waals surface area contributed by atoms with Gasteiger partial charge in [-0.3, -0.25) is 0 Å². The van der Waals surface area contributed by atoms with E-state index < -0.39 is 0 Å². The summed E-state index contributed by atoms with van der Waals surface area (Å²) in [6, 6.07) is 10.6. The summed E-state index contributed by atoms with van der Waals surface area (Å²) in [5, 5.41) is 17.1. The molecule has 0 spiro atoms. The molecule has 0 saturated carbocycles. The van der Waals surface area contributed by atoms with Crippen LogP contribution in [0.25, 0.3) is 0 Å². The summed E-state index contributed by atoms with van der Waals surface area (Å²) >= 11 is 1.75. The first kappa shape index (κ1) is 14.3. The maximum atomic E-state index is 9.17. The summed E-state index contributed by atoms with van der Waals surface area (Å²) in [5.74, 6) is 0.523. The fourth-order valence-electron chi connectivity index (χ4n) is 2.11.